The van der Waals surface area contributed by atoms with E-state index in [4.69, 9.17) is 5.11 Å². The van der Waals surface area contributed by atoms with Crippen molar-refractivity contribution < 1.29 is 23.8 Å². The number of aliphatic hydroxyl groups excluding tert-OH is 1. The number of aliphatic hydroxyl groups is 2. The van der Waals surface area contributed by atoms with Gasteiger partial charge < -0.3 is 15.5 Å². The standard InChI is InChI=1S/C11H13F2NO3/c1-11(17,6-15)5-14-10(16)7-2-3-8(12)9(13)4-7/h2-4,15,17H,5-6H2,1H3,(H,14,16). The molecule has 0 saturated carbocycles. The molecule has 1 aromatic carbocycles. The number of carbonyl (C=O) groups is 1. The predicted octanol–water partition coefficient (Wildman–Crippen LogP) is 0.438. The Morgan fingerprint density at radius 2 is 2.06 bits per heavy atom. The van der Waals surface area contributed by atoms with E-state index in [0.29, 0.717) is 0 Å². The van der Waals surface area contributed by atoms with Crippen LogP contribution < -0.4 is 5.32 Å². The summed E-state index contributed by atoms with van der Waals surface area (Å²) in [5, 5.41) is 20.5. The molecule has 0 aliphatic carbocycles. The minimum atomic E-state index is -1.45. The molecule has 0 fully saturated rings. The number of rotatable bonds is 4. The van der Waals surface area contributed by atoms with Gasteiger partial charge >= 0.3 is 0 Å². The maximum Gasteiger partial charge on any atom is 0.251 e. The van der Waals surface area contributed by atoms with Crippen LogP contribution in [0.25, 0.3) is 0 Å². The van der Waals surface area contributed by atoms with Crippen molar-refractivity contribution in [3.8, 4) is 0 Å². The molecule has 1 unspecified atom stereocenters. The van der Waals surface area contributed by atoms with Gasteiger partial charge in [0.05, 0.1) is 6.61 Å². The highest BCUT2D eigenvalue weighted by atomic mass is 19.2. The summed E-state index contributed by atoms with van der Waals surface area (Å²) in [6, 6.07) is 2.73. The molecule has 3 N–H and O–H groups in total. The van der Waals surface area contributed by atoms with Crippen molar-refractivity contribution in [2.75, 3.05) is 13.2 Å². The Balaban J connectivity index is 2.68. The van der Waals surface area contributed by atoms with Crippen molar-refractivity contribution in [2.45, 2.75) is 12.5 Å². The maximum atomic E-state index is 12.8. The maximum absolute atomic E-state index is 12.8. The number of hydrogen-bond donors (Lipinski definition) is 3. The van der Waals surface area contributed by atoms with Gasteiger partial charge in [0.15, 0.2) is 11.6 Å². The fraction of sp³-hybridized carbons (Fsp3) is 0.364. The highest BCUT2D eigenvalue weighted by Gasteiger charge is 2.20. The van der Waals surface area contributed by atoms with E-state index < -0.39 is 29.7 Å². The first kappa shape index (κ1) is 13.5. The summed E-state index contributed by atoms with van der Waals surface area (Å²) in [5.74, 6) is -2.81. The summed E-state index contributed by atoms with van der Waals surface area (Å²) in [6.07, 6.45) is 0. The van der Waals surface area contributed by atoms with Crippen LogP contribution in [0.15, 0.2) is 18.2 Å². The van der Waals surface area contributed by atoms with Crippen molar-refractivity contribution in [3.05, 3.63) is 35.4 Å². The van der Waals surface area contributed by atoms with Crippen molar-refractivity contribution in [1.82, 2.24) is 5.32 Å². The monoisotopic (exact) mass is 245 g/mol. The third-order valence-electron chi connectivity index (χ3n) is 2.15. The molecule has 0 bridgehead atoms. The molecule has 0 heterocycles. The summed E-state index contributed by atoms with van der Waals surface area (Å²) >= 11 is 0. The number of halogens is 2. The van der Waals surface area contributed by atoms with Gasteiger partial charge in [0.25, 0.3) is 5.91 Å². The van der Waals surface area contributed by atoms with Crippen LogP contribution in [0.1, 0.15) is 17.3 Å². The number of nitrogens with one attached hydrogen (secondary N) is 1. The molecule has 0 aliphatic heterocycles. The van der Waals surface area contributed by atoms with E-state index in [1.807, 2.05) is 0 Å². The Hall–Kier alpha value is -1.53. The molecule has 0 aliphatic rings. The second kappa shape index (κ2) is 5.20. The second-order valence-electron chi connectivity index (χ2n) is 3.97. The molecule has 1 atom stereocenters. The molecule has 1 rings (SSSR count). The lowest BCUT2D eigenvalue weighted by Crippen LogP contribution is -2.43. The molecule has 94 valence electrons. The molecule has 0 saturated heterocycles. The topological polar surface area (TPSA) is 69.6 Å². The largest absolute Gasteiger partial charge is 0.393 e. The van der Waals surface area contributed by atoms with Gasteiger partial charge in [-0.1, -0.05) is 0 Å². The summed E-state index contributed by atoms with van der Waals surface area (Å²) in [4.78, 5) is 11.5. The van der Waals surface area contributed by atoms with Crippen LogP contribution in [0.2, 0.25) is 0 Å². The van der Waals surface area contributed by atoms with Crippen LogP contribution in [0, 0.1) is 11.6 Å². The molecule has 0 radical (unpaired) electrons. The summed E-state index contributed by atoms with van der Waals surface area (Å²) in [5.41, 5.74) is -1.51. The van der Waals surface area contributed by atoms with Crippen LogP contribution in [0.3, 0.4) is 0 Å². The van der Waals surface area contributed by atoms with Crippen molar-refractivity contribution in [3.63, 3.8) is 0 Å². The minimum Gasteiger partial charge on any atom is -0.393 e. The van der Waals surface area contributed by atoms with Crippen molar-refractivity contribution in [2.24, 2.45) is 0 Å². The van der Waals surface area contributed by atoms with Gasteiger partial charge in [-0.2, -0.15) is 0 Å². The van der Waals surface area contributed by atoms with E-state index >= 15 is 0 Å². The van der Waals surface area contributed by atoms with Gasteiger partial charge in [-0.25, -0.2) is 8.78 Å². The molecule has 1 amide bonds. The first-order valence-electron chi connectivity index (χ1n) is 4.92. The first-order valence-corrected chi connectivity index (χ1v) is 4.92. The van der Waals surface area contributed by atoms with Crippen molar-refractivity contribution in [1.29, 1.82) is 0 Å². The third-order valence-corrected chi connectivity index (χ3v) is 2.15. The lowest BCUT2D eigenvalue weighted by molar-refractivity contribution is 0.00320. The summed E-state index contributed by atoms with van der Waals surface area (Å²) in [6.45, 7) is 0.616. The SMILES string of the molecule is CC(O)(CO)CNC(=O)c1ccc(F)c(F)c1. The number of carbonyl (C=O) groups excluding carboxylic acids is 1. The summed E-state index contributed by atoms with van der Waals surface area (Å²) in [7, 11) is 0. The molecule has 6 heteroatoms. The normalized spacial score (nSPS) is 14.2. The van der Waals surface area contributed by atoms with Crippen LogP contribution in [0.5, 0.6) is 0 Å². The van der Waals surface area contributed by atoms with Gasteiger partial charge in [0.1, 0.15) is 5.60 Å². The van der Waals surface area contributed by atoms with Gasteiger partial charge in [-0.15, -0.1) is 0 Å². The van der Waals surface area contributed by atoms with E-state index in [1.165, 1.54) is 6.92 Å². The van der Waals surface area contributed by atoms with E-state index in [0.717, 1.165) is 18.2 Å². The summed E-state index contributed by atoms with van der Waals surface area (Å²) < 4.78 is 25.4. The van der Waals surface area contributed by atoms with Gasteiger partial charge in [-0.05, 0) is 25.1 Å². The van der Waals surface area contributed by atoms with E-state index in [-0.39, 0.29) is 12.1 Å². The molecule has 1 aromatic rings. The van der Waals surface area contributed by atoms with E-state index in [2.05, 4.69) is 5.32 Å². The molecule has 0 aromatic heterocycles. The molecular formula is C11H13F2NO3. The average molecular weight is 245 g/mol. The van der Waals surface area contributed by atoms with Crippen LogP contribution in [0.4, 0.5) is 8.78 Å². The number of benzene rings is 1. The third kappa shape index (κ3) is 3.76. The lowest BCUT2D eigenvalue weighted by atomic mass is 10.1. The zero-order chi connectivity index (χ0) is 13.1. The quantitative estimate of drug-likeness (QED) is 0.720. The molecule has 17 heavy (non-hydrogen) atoms. The highest BCUT2D eigenvalue weighted by Crippen LogP contribution is 2.09. The highest BCUT2D eigenvalue weighted by molar-refractivity contribution is 5.94. The molecule has 4 nitrogen and oxygen atoms in total. The average Bonchev–Trinajstić information content (AvgIpc) is 2.30. The zero-order valence-corrected chi connectivity index (χ0v) is 9.20. The fourth-order valence-electron chi connectivity index (χ4n) is 1.07. The van der Waals surface area contributed by atoms with Crippen LogP contribution >= 0.6 is 0 Å². The van der Waals surface area contributed by atoms with Gasteiger partial charge in [0.2, 0.25) is 0 Å². The Labute approximate surface area is 96.9 Å². The lowest BCUT2D eigenvalue weighted by Gasteiger charge is -2.20. The Morgan fingerprint density at radius 3 is 2.59 bits per heavy atom. The van der Waals surface area contributed by atoms with Gasteiger partial charge in [-0.3, -0.25) is 4.79 Å². The van der Waals surface area contributed by atoms with Crippen LogP contribution in [-0.2, 0) is 0 Å². The first-order chi connectivity index (χ1) is 7.85. The predicted molar refractivity (Wildman–Crippen MR) is 56.4 cm³/mol. The Morgan fingerprint density at radius 1 is 1.41 bits per heavy atom. The smallest absolute Gasteiger partial charge is 0.251 e. The molecular weight excluding hydrogens is 232 g/mol. The van der Waals surface area contributed by atoms with E-state index in [9.17, 15) is 18.7 Å². The Bertz CT molecular complexity index is 421. The second-order valence-corrected chi connectivity index (χ2v) is 3.97. The number of hydrogen-bond acceptors (Lipinski definition) is 3. The van der Waals surface area contributed by atoms with Crippen molar-refractivity contribution >= 4 is 5.91 Å². The number of amides is 1. The van der Waals surface area contributed by atoms with Crippen LogP contribution in [-0.4, -0.2) is 34.9 Å². The Kier molecular flexibility index (Phi) is 4.14. The van der Waals surface area contributed by atoms with E-state index in [1.54, 1.807) is 0 Å². The molecule has 0 spiro atoms. The minimum absolute atomic E-state index is 0.0577. The van der Waals surface area contributed by atoms with Gasteiger partial charge in [0, 0.05) is 12.1 Å². The fourth-order valence-corrected chi connectivity index (χ4v) is 1.07. The zero-order valence-electron chi connectivity index (χ0n) is 9.20.